The summed E-state index contributed by atoms with van der Waals surface area (Å²) in [6.45, 7) is 0.661. The highest BCUT2D eigenvalue weighted by Crippen LogP contribution is 2.20. The Labute approximate surface area is 116 Å². The van der Waals surface area contributed by atoms with Gasteiger partial charge in [0.1, 0.15) is 0 Å². The van der Waals surface area contributed by atoms with Gasteiger partial charge in [-0.15, -0.1) is 23.4 Å². The summed E-state index contributed by atoms with van der Waals surface area (Å²) in [4.78, 5) is 12.5. The van der Waals surface area contributed by atoms with Gasteiger partial charge in [0, 0.05) is 34.5 Å². The molecule has 1 aromatic rings. The summed E-state index contributed by atoms with van der Waals surface area (Å²) in [7, 11) is 0. The van der Waals surface area contributed by atoms with Gasteiger partial charge in [0.25, 0.3) is 0 Å². The van der Waals surface area contributed by atoms with Crippen molar-refractivity contribution in [2.45, 2.75) is 17.7 Å². The number of halogens is 2. The number of alkyl halides is 1. The molecule has 0 spiro atoms. The molecule has 0 aromatic heterocycles. The minimum atomic E-state index is 0.0802. The lowest BCUT2D eigenvalue weighted by molar-refractivity contribution is -0.120. The molecule has 17 heavy (non-hydrogen) atoms. The van der Waals surface area contributed by atoms with Crippen LogP contribution in [0.3, 0.4) is 0 Å². The first-order valence-corrected chi connectivity index (χ1v) is 7.33. The van der Waals surface area contributed by atoms with Gasteiger partial charge in [0.2, 0.25) is 5.91 Å². The Balaban J connectivity index is 2.14. The molecule has 2 nitrogen and oxygen atoms in total. The van der Waals surface area contributed by atoms with E-state index in [1.54, 1.807) is 11.8 Å². The lowest BCUT2D eigenvalue weighted by Gasteiger charge is -2.04. The summed E-state index contributed by atoms with van der Waals surface area (Å²) < 4.78 is 0. The van der Waals surface area contributed by atoms with Crippen molar-refractivity contribution < 1.29 is 4.79 Å². The summed E-state index contributed by atoms with van der Waals surface area (Å²) in [6, 6.07) is 7.62. The van der Waals surface area contributed by atoms with Gasteiger partial charge in [0.15, 0.2) is 0 Å². The highest BCUT2D eigenvalue weighted by atomic mass is 35.5. The number of carbonyl (C=O) groups excluding carboxylic acids is 1. The second kappa shape index (κ2) is 8.67. The molecule has 0 radical (unpaired) electrons. The van der Waals surface area contributed by atoms with E-state index in [0.29, 0.717) is 18.8 Å². The van der Waals surface area contributed by atoms with Crippen LogP contribution in [0.4, 0.5) is 0 Å². The minimum absolute atomic E-state index is 0.0802. The molecule has 5 heteroatoms. The monoisotopic (exact) mass is 291 g/mol. The number of hydrogen-bond acceptors (Lipinski definition) is 2. The largest absolute Gasteiger partial charge is 0.356 e. The van der Waals surface area contributed by atoms with E-state index in [1.165, 1.54) is 0 Å². The van der Waals surface area contributed by atoms with E-state index in [1.807, 2.05) is 24.3 Å². The first kappa shape index (κ1) is 14.7. The van der Waals surface area contributed by atoms with E-state index in [0.717, 1.165) is 22.1 Å². The van der Waals surface area contributed by atoms with Crippen LogP contribution in [-0.4, -0.2) is 24.1 Å². The minimum Gasteiger partial charge on any atom is -0.356 e. The van der Waals surface area contributed by atoms with Crippen LogP contribution < -0.4 is 5.32 Å². The summed E-state index contributed by atoms with van der Waals surface area (Å²) in [6.07, 6.45) is 1.34. The number of nitrogens with one attached hydrogen (secondary N) is 1. The number of thioether (sulfide) groups is 1. The molecule has 0 fully saturated rings. The maximum atomic E-state index is 11.4. The van der Waals surface area contributed by atoms with Crippen LogP contribution in [0.25, 0.3) is 0 Å². The van der Waals surface area contributed by atoms with Gasteiger partial charge in [-0.3, -0.25) is 4.79 Å². The van der Waals surface area contributed by atoms with Crippen LogP contribution in [0.5, 0.6) is 0 Å². The van der Waals surface area contributed by atoms with Crippen molar-refractivity contribution in [3.63, 3.8) is 0 Å². The number of benzene rings is 1. The highest BCUT2D eigenvalue weighted by molar-refractivity contribution is 7.99. The van der Waals surface area contributed by atoms with E-state index >= 15 is 0 Å². The smallest absolute Gasteiger partial charge is 0.220 e. The van der Waals surface area contributed by atoms with Gasteiger partial charge in [-0.1, -0.05) is 11.6 Å². The van der Waals surface area contributed by atoms with E-state index in [2.05, 4.69) is 5.32 Å². The van der Waals surface area contributed by atoms with Crippen LogP contribution in [-0.2, 0) is 4.79 Å². The van der Waals surface area contributed by atoms with Crippen LogP contribution >= 0.6 is 35.0 Å². The molecule has 0 unspecified atom stereocenters. The van der Waals surface area contributed by atoms with Gasteiger partial charge in [-0.05, 0) is 30.7 Å². The van der Waals surface area contributed by atoms with Gasteiger partial charge < -0.3 is 5.32 Å². The van der Waals surface area contributed by atoms with E-state index in [9.17, 15) is 4.79 Å². The summed E-state index contributed by atoms with van der Waals surface area (Å²) in [5.74, 6) is 1.44. The molecular weight excluding hydrogens is 277 g/mol. The van der Waals surface area contributed by atoms with Crippen molar-refractivity contribution in [3.8, 4) is 0 Å². The fourth-order valence-electron chi connectivity index (χ4n) is 1.18. The van der Waals surface area contributed by atoms with E-state index in [-0.39, 0.29) is 5.91 Å². The molecule has 0 heterocycles. The van der Waals surface area contributed by atoms with Crippen LogP contribution in [0.15, 0.2) is 29.2 Å². The number of hydrogen-bond donors (Lipinski definition) is 1. The second-order valence-corrected chi connectivity index (χ2v) is 5.43. The molecule has 1 rings (SSSR count). The van der Waals surface area contributed by atoms with Crippen molar-refractivity contribution in [2.24, 2.45) is 0 Å². The van der Waals surface area contributed by atoms with Crippen molar-refractivity contribution in [1.29, 1.82) is 0 Å². The van der Waals surface area contributed by atoms with Crippen LogP contribution in [0.1, 0.15) is 12.8 Å². The standard InChI is InChI=1S/C12H15Cl2NOS/c13-7-1-8-15-12(16)6-9-17-11-4-2-10(14)3-5-11/h2-5H,1,6-9H2,(H,15,16). The van der Waals surface area contributed by atoms with Gasteiger partial charge >= 0.3 is 0 Å². The molecule has 0 saturated heterocycles. The zero-order valence-corrected chi connectivity index (χ0v) is 11.7. The Morgan fingerprint density at radius 1 is 1.29 bits per heavy atom. The van der Waals surface area contributed by atoms with Crippen molar-refractivity contribution in [1.82, 2.24) is 5.32 Å². The quantitative estimate of drug-likeness (QED) is 0.473. The fraction of sp³-hybridized carbons (Fsp3) is 0.417. The fourth-order valence-corrected chi connectivity index (χ4v) is 2.29. The SMILES string of the molecule is O=C(CCSc1ccc(Cl)cc1)NCCCCl. The molecule has 0 aliphatic heterocycles. The number of carbonyl (C=O) groups is 1. The topological polar surface area (TPSA) is 29.1 Å². The third-order valence-corrected chi connectivity index (χ3v) is 3.58. The zero-order valence-electron chi connectivity index (χ0n) is 9.42. The van der Waals surface area contributed by atoms with Crippen molar-refractivity contribution >= 4 is 40.9 Å². The summed E-state index contributed by atoms with van der Waals surface area (Å²) in [5, 5.41) is 3.55. The zero-order chi connectivity index (χ0) is 12.5. The van der Waals surface area contributed by atoms with Gasteiger partial charge in [-0.25, -0.2) is 0 Å². The Kier molecular flexibility index (Phi) is 7.49. The molecule has 1 aromatic carbocycles. The predicted octanol–water partition coefficient (Wildman–Crippen LogP) is 3.57. The van der Waals surface area contributed by atoms with Crippen molar-refractivity contribution in [2.75, 3.05) is 18.2 Å². The Morgan fingerprint density at radius 2 is 2.00 bits per heavy atom. The molecule has 0 saturated carbocycles. The summed E-state index contributed by atoms with van der Waals surface area (Å²) >= 11 is 13.0. The lowest BCUT2D eigenvalue weighted by atomic mass is 10.4. The third kappa shape index (κ3) is 6.81. The first-order chi connectivity index (χ1) is 8.22. The Hall–Kier alpha value is -0.380. The van der Waals surface area contributed by atoms with E-state index in [4.69, 9.17) is 23.2 Å². The molecule has 0 aliphatic rings. The molecule has 0 aliphatic carbocycles. The molecule has 0 bridgehead atoms. The van der Waals surface area contributed by atoms with Crippen LogP contribution in [0, 0.1) is 0 Å². The number of rotatable bonds is 7. The molecule has 1 amide bonds. The molecule has 0 atom stereocenters. The Morgan fingerprint density at radius 3 is 2.65 bits per heavy atom. The molecular formula is C12H15Cl2NOS. The van der Waals surface area contributed by atoms with Gasteiger partial charge in [0.05, 0.1) is 0 Å². The second-order valence-electron chi connectivity index (χ2n) is 3.44. The average molecular weight is 292 g/mol. The maximum Gasteiger partial charge on any atom is 0.220 e. The van der Waals surface area contributed by atoms with Crippen molar-refractivity contribution in [3.05, 3.63) is 29.3 Å². The highest BCUT2D eigenvalue weighted by Gasteiger charge is 2.01. The maximum absolute atomic E-state index is 11.4. The lowest BCUT2D eigenvalue weighted by Crippen LogP contribution is -2.24. The number of amides is 1. The average Bonchev–Trinajstić information content (AvgIpc) is 2.32. The van der Waals surface area contributed by atoms with Crippen LogP contribution in [0.2, 0.25) is 5.02 Å². The first-order valence-electron chi connectivity index (χ1n) is 5.43. The van der Waals surface area contributed by atoms with Gasteiger partial charge in [-0.2, -0.15) is 0 Å². The van der Waals surface area contributed by atoms with E-state index < -0.39 is 0 Å². The Bertz CT molecular complexity index is 343. The predicted molar refractivity (Wildman–Crippen MR) is 75.1 cm³/mol. The molecule has 1 N–H and O–H groups in total. The summed E-state index contributed by atoms with van der Waals surface area (Å²) in [5.41, 5.74) is 0. The normalized spacial score (nSPS) is 10.2. The molecule has 94 valence electrons. The third-order valence-electron chi connectivity index (χ3n) is 2.04.